The second-order valence-corrected chi connectivity index (χ2v) is 6.24. The average molecular weight is 387 g/mol. The Kier molecular flexibility index (Phi) is 5.74. The molecule has 3 aromatic rings. The number of rotatable bonds is 7. The highest BCUT2D eigenvalue weighted by Gasteiger charge is 2.17. The predicted molar refractivity (Wildman–Crippen MR) is 99.4 cm³/mol. The molecule has 0 aliphatic heterocycles. The Labute approximate surface area is 160 Å². The quantitative estimate of drug-likeness (QED) is 0.608. The number of fused-ring (bicyclic) bond motifs is 1. The molecule has 0 spiro atoms. The molecule has 1 aromatic carbocycles. The molecule has 148 valence electrons. The molecular formula is C19H21N3O6. The largest absolute Gasteiger partial charge is 0.491 e. The molecule has 1 N–H and O–H groups in total. The number of aliphatic hydroxyl groups excluding tert-OH is 1. The molecule has 1 atom stereocenters. The molecule has 0 bridgehead atoms. The van der Waals surface area contributed by atoms with Gasteiger partial charge >= 0.3 is 5.97 Å². The van der Waals surface area contributed by atoms with E-state index in [2.05, 4.69) is 10.3 Å². The van der Waals surface area contributed by atoms with Crippen LogP contribution in [0.3, 0.4) is 0 Å². The van der Waals surface area contributed by atoms with Gasteiger partial charge in [-0.25, -0.2) is 9.48 Å². The molecular weight excluding hydrogens is 366 g/mol. The Morgan fingerprint density at radius 3 is 2.68 bits per heavy atom. The summed E-state index contributed by atoms with van der Waals surface area (Å²) in [6.45, 7) is 5.39. The third kappa shape index (κ3) is 4.04. The molecule has 3 rings (SSSR count). The Bertz CT molecular complexity index is 1040. The molecule has 2 aromatic heterocycles. The molecule has 2 heterocycles. The minimum absolute atomic E-state index is 0.0531. The first kappa shape index (κ1) is 19.6. The summed E-state index contributed by atoms with van der Waals surface area (Å²) in [6.07, 6.45) is -0.972. The van der Waals surface area contributed by atoms with Crippen LogP contribution in [0.4, 0.5) is 0 Å². The summed E-state index contributed by atoms with van der Waals surface area (Å²) in [4.78, 5) is 24.1. The van der Waals surface area contributed by atoms with E-state index in [0.717, 1.165) is 4.68 Å². The van der Waals surface area contributed by atoms with Crippen LogP contribution in [0.1, 0.15) is 28.7 Å². The third-order valence-electron chi connectivity index (χ3n) is 4.12. The minimum Gasteiger partial charge on any atom is -0.491 e. The molecule has 0 aliphatic rings. The fourth-order valence-corrected chi connectivity index (χ4v) is 2.81. The monoisotopic (exact) mass is 387 g/mol. The first-order chi connectivity index (χ1) is 13.4. The maximum absolute atomic E-state index is 12.4. The van der Waals surface area contributed by atoms with E-state index in [9.17, 15) is 14.7 Å². The van der Waals surface area contributed by atoms with Crippen LogP contribution in [0, 0.1) is 13.8 Å². The van der Waals surface area contributed by atoms with Gasteiger partial charge in [-0.3, -0.25) is 4.79 Å². The Hall–Kier alpha value is -3.20. The Balaban J connectivity index is 1.64. The van der Waals surface area contributed by atoms with Crippen molar-refractivity contribution in [1.29, 1.82) is 0 Å². The zero-order valence-electron chi connectivity index (χ0n) is 15.8. The number of aliphatic hydroxyl groups is 1. The van der Waals surface area contributed by atoms with Crippen molar-refractivity contribution in [2.24, 2.45) is 0 Å². The topological polar surface area (TPSA) is 117 Å². The van der Waals surface area contributed by atoms with Gasteiger partial charge in [0, 0.05) is 0 Å². The molecule has 28 heavy (non-hydrogen) atoms. The van der Waals surface area contributed by atoms with Crippen molar-refractivity contribution < 1.29 is 23.9 Å². The summed E-state index contributed by atoms with van der Waals surface area (Å²) >= 11 is 0. The number of ether oxygens (including phenoxy) is 2. The number of benzene rings is 1. The lowest BCUT2D eigenvalue weighted by molar-refractivity contribution is 0.0526. The number of aryl methyl sites for hydroxylation is 2. The molecule has 1 unspecified atom stereocenters. The number of hydrogen-bond acceptors (Lipinski definition) is 8. The zero-order valence-corrected chi connectivity index (χ0v) is 15.8. The molecule has 0 saturated heterocycles. The lowest BCUT2D eigenvalue weighted by Crippen LogP contribution is -2.32. The SMILES string of the molecule is CCOC(=O)c1ccc(OCC(O)Cn2nc(C)c3c(C)onc3c2=O)cc1. The van der Waals surface area contributed by atoms with Crippen molar-refractivity contribution >= 4 is 16.9 Å². The van der Waals surface area contributed by atoms with Crippen LogP contribution in [-0.4, -0.2) is 45.3 Å². The number of esters is 1. The lowest BCUT2D eigenvalue weighted by Gasteiger charge is -2.14. The molecule has 0 fully saturated rings. The highest BCUT2D eigenvalue weighted by Crippen LogP contribution is 2.17. The number of hydrogen-bond donors (Lipinski definition) is 1. The highest BCUT2D eigenvalue weighted by molar-refractivity contribution is 5.89. The average Bonchev–Trinajstić information content (AvgIpc) is 3.07. The van der Waals surface area contributed by atoms with E-state index in [1.165, 1.54) is 0 Å². The number of aromatic nitrogens is 3. The number of nitrogens with zero attached hydrogens (tertiary/aromatic N) is 3. The van der Waals surface area contributed by atoms with E-state index in [1.807, 2.05) is 0 Å². The smallest absolute Gasteiger partial charge is 0.338 e. The molecule has 9 nitrogen and oxygen atoms in total. The fourth-order valence-electron chi connectivity index (χ4n) is 2.81. The van der Waals surface area contributed by atoms with Crippen LogP contribution in [0.15, 0.2) is 33.6 Å². The maximum Gasteiger partial charge on any atom is 0.338 e. The summed E-state index contributed by atoms with van der Waals surface area (Å²) in [7, 11) is 0. The third-order valence-corrected chi connectivity index (χ3v) is 4.12. The lowest BCUT2D eigenvalue weighted by atomic mass is 10.2. The second kappa shape index (κ2) is 8.22. The second-order valence-electron chi connectivity index (χ2n) is 6.24. The van der Waals surface area contributed by atoms with E-state index >= 15 is 0 Å². The van der Waals surface area contributed by atoms with Gasteiger partial charge < -0.3 is 19.1 Å². The summed E-state index contributed by atoms with van der Waals surface area (Å²) < 4.78 is 16.6. The van der Waals surface area contributed by atoms with Gasteiger partial charge in [0.15, 0.2) is 5.52 Å². The van der Waals surface area contributed by atoms with Gasteiger partial charge in [-0.2, -0.15) is 5.10 Å². The van der Waals surface area contributed by atoms with Crippen LogP contribution in [0.5, 0.6) is 5.75 Å². The van der Waals surface area contributed by atoms with Crippen molar-refractivity contribution in [3.05, 3.63) is 51.6 Å². The normalized spacial score (nSPS) is 12.1. The maximum atomic E-state index is 12.4. The van der Waals surface area contributed by atoms with E-state index in [-0.39, 0.29) is 18.7 Å². The van der Waals surface area contributed by atoms with Crippen LogP contribution >= 0.6 is 0 Å². The summed E-state index contributed by atoms with van der Waals surface area (Å²) in [5.41, 5.74) is 0.760. The fraction of sp³-hybridized carbons (Fsp3) is 0.368. The van der Waals surface area contributed by atoms with E-state index in [0.29, 0.717) is 34.8 Å². The van der Waals surface area contributed by atoms with Crippen molar-refractivity contribution in [2.45, 2.75) is 33.4 Å². The molecule has 0 aliphatic carbocycles. The van der Waals surface area contributed by atoms with Gasteiger partial charge in [0.2, 0.25) is 0 Å². The summed E-state index contributed by atoms with van der Waals surface area (Å²) in [5.74, 6) is 0.596. The van der Waals surface area contributed by atoms with Crippen LogP contribution in [0.2, 0.25) is 0 Å². The van der Waals surface area contributed by atoms with Crippen molar-refractivity contribution in [3.63, 3.8) is 0 Å². The first-order valence-electron chi connectivity index (χ1n) is 8.82. The Morgan fingerprint density at radius 2 is 2.00 bits per heavy atom. The summed E-state index contributed by atoms with van der Waals surface area (Å²) in [5, 5.41) is 18.8. The van der Waals surface area contributed by atoms with Crippen molar-refractivity contribution in [1.82, 2.24) is 14.9 Å². The van der Waals surface area contributed by atoms with E-state index < -0.39 is 17.6 Å². The van der Waals surface area contributed by atoms with Crippen molar-refractivity contribution in [2.75, 3.05) is 13.2 Å². The minimum atomic E-state index is -0.972. The molecule has 0 saturated carbocycles. The summed E-state index contributed by atoms with van der Waals surface area (Å²) in [6, 6.07) is 6.38. The molecule has 0 amide bonds. The first-order valence-corrected chi connectivity index (χ1v) is 8.82. The van der Waals surface area contributed by atoms with Crippen LogP contribution in [0.25, 0.3) is 10.9 Å². The van der Waals surface area contributed by atoms with E-state index in [1.54, 1.807) is 45.0 Å². The van der Waals surface area contributed by atoms with Gasteiger partial charge in [-0.1, -0.05) is 5.16 Å². The van der Waals surface area contributed by atoms with Gasteiger partial charge in [-0.15, -0.1) is 0 Å². The van der Waals surface area contributed by atoms with Gasteiger partial charge in [0.25, 0.3) is 5.56 Å². The molecule has 9 heteroatoms. The predicted octanol–water partition coefficient (Wildman–Crippen LogP) is 1.62. The van der Waals surface area contributed by atoms with Gasteiger partial charge in [0.1, 0.15) is 24.2 Å². The Morgan fingerprint density at radius 1 is 1.29 bits per heavy atom. The van der Waals surface area contributed by atoms with Crippen LogP contribution in [-0.2, 0) is 11.3 Å². The van der Waals surface area contributed by atoms with Crippen LogP contribution < -0.4 is 10.3 Å². The van der Waals surface area contributed by atoms with Gasteiger partial charge in [0.05, 0.1) is 29.8 Å². The van der Waals surface area contributed by atoms with E-state index in [4.69, 9.17) is 14.0 Å². The number of carbonyl (C=O) groups is 1. The molecule has 0 radical (unpaired) electrons. The van der Waals surface area contributed by atoms with Gasteiger partial charge in [-0.05, 0) is 45.0 Å². The number of carbonyl (C=O) groups excluding carboxylic acids is 1. The highest BCUT2D eigenvalue weighted by atomic mass is 16.5. The van der Waals surface area contributed by atoms with Crippen molar-refractivity contribution in [3.8, 4) is 5.75 Å². The standard InChI is InChI=1S/C19H21N3O6/c1-4-26-19(25)13-5-7-15(8-6-13)27-10-14(23)9-22-18(24)17-16(11(2)20-22)12(3)28-21-17/h5-8,14,23H,4,9-10H2,1-3H3. The zero-order chi connectivity index (χ0) is 20.3.